The molecule has 1 spiro atoms. The first-order valence-electron chi connectivity index (χ1n) is 32.1. The maximum atomic E-state index is 15.8. The van der Waals surface area contributed by atoms with Crippen molar-refractivity contribution >= 4 is 71.6 Å². The van der Waals surface area contributed by atoms with Crippen LogP contribution >= 0.6 is 0 Å². The van der Waals surface area contributed by atoms with E-state index in [1.54, 1.807) is 18.9 Å². The fourth-order valence-electron chi connectivity index (χ4n) is 14.3. The van der Waals surface area contributed by atoms with Crippen molar-refractivity contribution in [1.29, 1.82) is 0 Å². The van der Waals surface area contributed by atoms with Crippen LogP contribution in [0, 0.1) is 17.8 Å². The Morgan fingerprint density at radius 3 is 1.80 bits per heavy atom. The second-order valence-corrected chi connectivity index (χ2v) is 26.2. The zero-order valence-electron chi connectivity index (χ0n) is 53.7. The summed E-state index contributed by atoms with van der Waals surface area (Å²) in [5.41, 5.74) is -5.62. The van der Waals surface area contributed by atoms with Gasteiger partial charge in [0.05, 0.1) is 38.2 Å². The molecule has 3 saturated carbocycles. The number of aliphatic hydroxyl groups is 1. The highest BCUT2D eigenvalue weighted by Gasteiger charge is 2.58. The number of hydrogen-bond acceptors (Lipinski definition) is 15. The van der Waals surface area contributed by atoms with Gasteiger partial charge in [-0.1, -0.05) is 84.5 Å². The molecular formula is C62H102N12O13. The molecule has 0 aromatic heterocycles. The van der Waals surface area contributed by atoms with Crippen molar-refractivity contribution in [2.75, 3.05) is 95.2 Å². The molecule has 0 bridgehead atoms. The molecule has 3 aliphatic heterocycles. The summed E-state index contributed by atoms with van der Waals surface area (Å²) in [6.07, 6.45) is 13.3. The third-order valence-electron chi connectivity index (χ3n) is 20.3. The highest BCUT2D eigenvalue weighted by Crippen LogP contribution is 2.41. The third-order valence-corrected chi connectivity index (χ3v) is 20.3. The molecule has 3 aliphatic carbocycles. The topological polar surface area (TPSA) is 290 Å². The van der Waals surface area contributed by atoms with E-state index in [4.69, 9.17) is 0 Å². The minimum absolute atomic E-state index is 0.00350. The summed E-state index contributed by atoms with van der Waals surface area (Å²) in [4.78, 5) is 186. The van der Waals surface area contributed by atoms with E-state index in [1.165, 1.54) is 73.7 Å². The summed E-state index contributed by atoms with van der Waals surface area (Å²) in [6.45, 7) is 3.24. The second kappa shape index (κ2) is 30.9. The lowest BCUT2D eigenvalue weighted by atomic mass is 9.81. The Hall–Kier alpha value is -6.08. The maximum Gasteiger partial charge on any atom is 0.246 e. The van der Waals surface area contributed by atoms with Crippen LogP contribution < -0.4 is 16.0 Å². The molecule has 25 heteroatoms. The van der Waals surface area contributed by atoms with Gasteiger partial charge in [-0.15, -0.1) is 0 Å². The first-order chi connectivity index (χ1) is 41.3. The number of carbonyl (C=O) groups excluding carboxylic acids is 12. The van der Waals surface area contributed by atoms with Gasteiger partial charge in [-0.05, 0) is 88.9 Å². The van der Waals surface area contributed by atoms with Gasteiger partial charge in [0.25, 0.3) is 0 Å². The molecule has 488 valence electrons. The molecule has 0 aromatic rings. The minimum atomic E-state index is -2.26. The molecule has 25 nitrogen and oxygen atoms in total. The molecule has 4 N–H and O–H groups in total. The van der Waals surface area contributed by atoms with Crippen molar-refractivity contribution in [3.8, 4) is 0 Å². The molecular weight excluding hydrogens is 1120 g/mol. The predicted octanol–water partition coefficient (Wildman–Crippen LogP) is 1.08. The van der Waals surface area contributed by atoms with E-state index < -0.39 is 145 Å². The Labute approximate surface area is 514 Å². The average Bonchev–Trinajstić information content (AvgIpc) is 3.84. The van der Waals surface area contributed by atoms with Crippen LogP contribution in [0.4, 0.5) is 0 Å². The highest BCUT2D eigenvalue weighted by molar-refractivity contribution is 5.98. The number of likely N-dealkylation sites (tertiary alicyclic amines) is 1. The Morgan fingerprint density at radius 1 is 0.632 bits per heavy atom. The van der Waals surface area contributed by atoms with Gasteiger partial charge in [-0.3, -0.25) is 62.9 Å². The van der Waals surface area contributed by atoms with E-state index in [0.717, 1.165) is 72.5 Å². The molecule has 6 aliphatic rings. The van der Waals surface area contributed by atoms with Crippen LogP contribution in [0.15, 0.2) is 0 Å². The van der Waals surface area contributed by atoms with Crippen molar-refractivity contribution in [3.63, 3.8) is 0 Å². The van der Waals surface area contributed by atoms with E-state index >= 15 is 9.59 Å². The number of likely N-dealkylation sites (N-methyl/N-ethyl adjacent to an activating group) is 7. The van der Waals surface area contributed by atoms with Gasteiger partial charge in [-0.2, -0.15) is 0 Å². The van der Waals surface area contributed by atoms with Crippen molar-refractivity contribution in [3.05, 3.63) is 0 Å². The van der Waals surface area contributed by atoms with Crippen LogP contribution in [0.1, 0.15) is 162 Å². The lowest BCUT2D eigenvalue weighted by molar-refractivity contribution is -0.159. The van der Waals surface area contributed by atoms with Crippen LogP contribution in [-0.2, 0) is 57.5 Å². The van der Waals surface area contributed by atoms with Crippen molar-refractivity contribution < 1.29 is 62.6 Å². The Kier molecular flexibility index (Phi) is 24.9. The van der Waals surface area contributed by atoms with E-state index in [0.29, 0.717) is 70.6 Å². The average molecular weight is 1220 g/mol. The second-order valence-electron chi connectivity index (χ2n) is 26.2. The van der Waals surface area contributed by atoms with E-state index in [2.05, 4.69) is 16.0 Å². The number of aldehydes is 2. The molecule has 87 heavy (non-hydrogen) atoms. The molecule has 0 unspecified atom stereocenters. The summed E-state index contributed by atoms with van der Waals surface area (Å²) in [6, 6.07) is -5.96. The van der Waals surface area contributed by atoms with Crippen LogP contribution in [0.25, 0.3) is 0 Å². The fourth-order valence-corrected chi connectivity index (χ4v) is 14.3. The molecule has 0 aromatic carbocycles. The number of piperidine rings is 1. The lowest BCUT2D eigenvalue weighted by Gasteiger charge is -2.50. The largest absolute Gasteiger partial charge is 0.392 e. The zero-order valence-corrected chi connectivity index (χ0v) is 53.7. The predicted molar refractivity (Wildman–Crippen MR) is 322 cm³/mol. The summed E-state index contributed by atoms with van der Waals surface area (Å²) in [7, 11) is 10.0. The van der Waals surface area contributed by atoms with E-state index in [9.17, 15) is 53.1 Å². The van der Waals surface area contributed by atoms with Gasteiger partial charge in [-0.25, -0.2) is 4.90 Å². The van der Waals surface area contributed by atoms with Crippen molar-refractivity contribution in [2.24, 2.45) is 17.8 Å². The van der Waals surface area contributed by atoms with Gasteiger partial charge >= 0.3 is 0 Å². The fraction of sp³-hybridized carbons (Fsp3) is 0.806. The molecule has 3 heterocycles. The van der Waals surface area contributed by atoms with Gasteiger partial charge in [0.15, 0.2) is 18.2 Å². The highest BCUT2D eigenvalue weighted by atomic mass is 16.3. The number of fused-ring (bicyclic) bond motifs is 1. The van der Waals surface area contributed by atoms with Gasteiger partial charge in [0.2, 0.25) is 59.1 Å². The number of aliphatic hydroxyl groups excluding tert-OH is 1. The first kappa shape index (κ1) is 70.0. The van der Waals surface area contributed by atoms with Gasteiger partial charge in [0, 0.05) is 69.0 Å². The summed E-state index contributed by atoms with van der Waals surface area (Å²) >= 11 is 0. The molecule has 6 fully saturated rings. The van der Waals surface area contributed by atoms with Gasteiger partial charge in [0.1, 0.15) is 35.9 Å². The molecule has 0 radical (unpaired) electrons. The number of nitrogens with one attached hydrogen (secondary N) is 3. The number of amides is 10. The lowest BCUT2D eigenvalue weighted by Crippen LogP contribution is -2.77. The SMILES string of the molecule is CC[C@H](C)[C@@H]1NC(=O)[C@@H](C)N(C)C(=O)C[C@@H](C(=O)N2CCCCC2)N(C)C(=O)[C@H](C2CCCCC2)N(C)C(=O)C2(CCCC2)N[C@]2(C=O)CCCN2[C@@](C=O)(CO)NC(=O)CN(C)C(=O)[C@H](CC2CCCCC2)N(C)C(=O)CN(C)C(=O)CN(C)C1=O. The van der Waals surface area contributed by atoms with Crippen molar-refractivity contribution in [2.45, 2.75) is 209 Å². The van der Waals surface area contributed by atoms with E-state index in [1.807, 2.05) is 6.92 Å². The Balaban J connectivity index is 1.43. The monoisotopic (exact) mass is 1220 g/mol. The normalized spacial score (nSPS) is 30.5. The van der Waals surface area contributed by atoms with Crippen LogP contribution in [0.2, 0.25) is 0 Å². The molecule has 8 atom stereocenters. The number of carbonyl (C=O) groups is 12. The maximum absolute atomic E-state index is 15.8. The number of nitrogens with zero attached hydrogens (tertiary/aromatic N) is 9. The smallest absolute Gasteiger partial charge is 0.246 e. The van der Waals surface area contributed by atoms with Gasteiger partial charge < -0.3 is 54.9 Å². The zero-order chi connectivity index (χ0) is 64.1. The number of rotatable bonds is 9. The quantitative estimate of drug-likeness (QED) is 0.235. The Morgan fingerprint density at radius 2 is 1.22 bits per heavy atom. The first-order valence-corrected chi connectivity index (χ1v) is 32.1. The Bertz CT molecular complexity index is 2500. The summed E-state index contributed by atoms with van der Waals surface area (Å²) < 4.78 is 0. The van der Waals surface area contributed by atoms with Crippen LogP contribution in [-0.4, -0.2) is 263 Å². The summed E-state index contributed by atoms with van der Waals surface area (Å²) in [5.74, 6) is -6.96. The number of hydrogen-bond donors (Lipinski definition) is 4. The molecule has 6 rings (SSSR count). The standard InChI is InChI=1S/C62H102N12O13/c1-11-42(2)52-57(85)68(6)37-50(80)66(4)38-51(81)70(8)46(34-44-24-15-12-16-25-44)55(83)67(5)36-48(78)64-62(40-76,41-77)74-33-23-30-61(74,39-75)65-60(28-19-20-29-60)59(87)72(10)53(45-26-17-13-18-27-45)58(86)71(9)47(56(84)73-31-21-14-22-32-73)35-49(79)69(7)43(3)54(82)63-52/h39-40,42-47,52-53,65,77H,11-38,41H2,1-10H3,(H,63,82)(H,64,78)/t42-,43+,46-,47-,52-,53-,61+,62-/m0/s1. The minimum Gasteiger partial charge on any atom is -0.392 e. The van der Waals surface area contributed by atoms with Crippen molar-refractivity contribution in [1.82, 2.24) is 60.0 Å². The van der Waals surface area contributed by atoms with Crippen LogP contribution in [0.5, 0.6) is 0 Å². The molecule has 10 amide bonds. The van der Waals surface area contributed by atoms with E-state index in [-0.39, 0.29) is 50.5 Å². The summed E-state index contributed by atoms with van der Waals surface area (Å²) in [5, 5.41) is 20.2. The molecule has 3 saturated heterocycles. The van der Waals surface area contributed by atoms with Crippen LogP contribution in [0.3, 0.4) is 0 Å². The third kappa shape index (κ3) is 16.0.